The average Bonchev–Trinajstić information content (AvgIpc) is 2.21. The van der Waals surface area contributed by atoms with Crippen LogP contribution < -0.4 is 22.3 Å². The van der Waals surface area contributed by atoms with Gasteiger partial charge in [0.1, 0.15) is 6.54 Å². The number of aromatic nitrogens is 1. The predicted molar refractivity (Wildman–Crippen MR) is 63.8 cm³/mol. The molecule has 1 N–H and O–H groups in total. The van der Waals surface area contributed by atoms with Crippen molar-refractivity contribution >= 4 is 12.4 Å². The summed E-state index contributed by atoms with van der Waals surface area (Å²) >= 11 is 0. The quantitative estimate of drug-likeness (QED) is 0.686. The number of aryl methyl sites for hydroxylation is 1. The van der Waals surface area contributed by atoms with Crippen molar-refractivity contribution in [3.8, 4) is 0 Å². The SMILES string of the molecule is CCNCC.CC[n+]1ccccc1.Cl.[Cl-]. The summed E-state index contributed by atoms with van der Waals surface area (Å²) < 4.78 is 2.12. The number of hydrogen-bond acceptors (Lipinski definition) is 1. The highest BCUT2D eigenvalue weighted by atomic mass is 35.5. The van der Waals surface area contributed by atoms with E-state index in [1.165, 1.54) is 0 Å². The van der Waals surface area contributed by atoms with Gasteiger partial charge in [-0.2, -0.15) is 0 Å². The molecule has 0 aliphatic carbocycles. The van der Waals surface area contributed by atoms with Gasteiger partial charge in [0.15, 0.2) is 12.4 Å². The zero-order chi connectivity index (χ0) is 9.94. The zero-order valence-electron chi connectivity index (χ0n) is 9.74. The second-order valence-electron chi connectivity index (χ2n) is 2.66. The number of nitrogens with one attached hydrogen (secondary N) is 1. The monoisotopic (exact) mass is 252 g/mol. The maximum absolute atomic E-state index is 3.11. The van der Waals surface area contributed by atoms with E-state index in [1.54, 1.807) is 0 Å². The first kappa shape index (κ1) is 20.1. The van der Waals surface area contributed by atoms with Crippen LogP contribution in [0.3, 0.4) is 0 Å². The Morgan fingerprint density at radius 2 is 1.40 bits per heavy atom. The Bertz CT molecular complexity index is 191. The van der Waals surface area contributed by atoms with Crippen LogP contribution in [0.25, 0.3) is 0 Å². The fraction of sp³-hybridized carbons (Fsp3) is 0.545. The van der Waals surface area contributed by atoms with Gasteiger partial charge in [0.05, 0.1) is 0 Å². The zero-order valence-corrected chi connectivity index (χ0v) is 11.3. The second kappa shape index (κ2) is 16.1. The molecule has 15 heavy (non-hydrogen) atoms. The number of pyridine rings is 1. The Morgan fingerprint density at radius 1 is 0.933 bits per heavy atom. The van der Waals surface area contributed by atoms with E-state index in [1.807, 2.05) is 18.2 Å². The topological polar surface area (TPSA) is 15.9 Å². The molecule has 2 nitrogen and oxygen atoms in total. The molecule has 0 aliphatic rings. The van der Waals surface area contributed by atoms with Crippen molar-refractivity contribution in [3.63, 3.8) is 0 Å². The van der Waals surface area contributed by atoms with Crippen LogP contribution in [-0.4, -0.2) is 13.1 Å². The molecule has 0 radical (unpaired) electrons. The number of nitrogens with zero attached hydrogens (tertiary/aromatic N) is 1. The molecular weight excluding hydrogens is 231 g/mol. The van der Waals surface area contributed by atoms with Crippen molar-refractivity contribution in [2.45, 2.75) is 27.3 Å². The Balaban J connectivity index is -0.000000185. The Labute approximate surface area is 106 Å². The molecule has 0 aromatic carbocycles. The molecule has 1 rings (SSSR count). The molecule has 90 valence electrons. The van der Waals surface area contributed by atoms with Gasteiger partial charge in [-0.1, -0.05) is 19.9 Å². The molecule has 0 atom stereocenters. The van der Waals surface area contributed by atoms with Gasteiger partial charge in [0.2, 0.25) is 0 Å². The molecule has 0 bridgehead atoms. The highest BCUT2D eigenvalue weighted by Gasteiger charge is 1.86. The first-order valence-corrected chi connectivity index (χ1v) is 4.99. The van der Waals surface area contributed by atoms with Crippen molar-refractivity contribution in [1.82, 2.24) is 5.32 Å². The molecule has 0 unspecified atom stereocenters. The lowest BCUT2D eigenvalue weighted by Gasteiger charge is -1.86. The van der Waals surface area contributed by atoms with E-state index in [2.05, 4.69) is 43.0 Å². The van der Waals surface area contributed by atoms with Crippen molar-refractivity contribution in [2.24, 2.45) is 0 Å². The minimum absolute atomic E-state index is 0. The van der Waals surface area contributed by atoms with Crippen LogP contribution in [0.4, 0.5) is 0 Å². The summed E-state index contributed by atoms with van der Waals surface area (Å²) in [6.45, 7) is 9.57. The summed E-state index contributed by atoms with van der Waals surface area (Å²) in [6, 6.07) is 6.08. The number of hydrogen-bond donors (Lipinski definition) is 1. The van der Waals surface area contributed by atoms with Crippen molar-refractivity contribution in [1.29, 1.82) is 0 Å². The molecule has 0 spiro atoms. The van der Waals surface area contributed by atoms with Crippen molar-refractivity contribution in [2.75, 3.05) is 13.1 Å². The third kappa shape index (κ3) is 13.7. The molecular formula is C11H22Cl2N2. The van der Waals surface area contributed by atoms with E-state index in [0.717, 1.165) is 19.6 Å². The fourth-order valence-corrected chi connectivity index (χ4v) is 0.895. The lowest BCUT2D eigenvalue weighted by atomic mass is 10.5. The molecule has 1 aromatic heterocycles. The number of halogens is 2. The number of rotatable bonds is 3. The Kier molecular flexibility index (Phi) is 21.7. The van der Waals surface area contributed by atoms with Gasteiger partial charge < -0.3 is 17.7 Å². The molecule has 0 saturated heterocycles. The van der Waals surface area contributed by atoms with Gasteiger partial charge in [0.25, 0.3) is 0 Å². The maximum atomic E-state index is 3.11. The molecule has 0 amide bonds. The first-order chi connectivity index (χ1) is 6.35. The van der Waals surface area contributed by atoms with E-state index in [0.29, 0.717) is 0 Å². The smallest absolute Gasteiger partial charge is 0.168 e. The molecule has 4 heteroatoms. The normalized spacial score (nSPS) is 7.67. The van der Waals surface area contributed by atoms with Crippen LogP contribution in [0.1, 0.15) is 20.8 Å². The summed E-state index contributed by atoms with van der Waals surface area (Å²) in [7, 11) is 0. The van der Waals surface area contributed by atoms with Gasteiger partial charge in [-0.25, -0.2) is 4.57 Å². The second-order valence-corrected chi connectivity index (χ2v) is 2.66. The summed E-state index contributed by atoms with van der Waals surface area (Å²) in [5.74, 6) is 0. The van der Waals surface area contributed by atoms with Gasteiger partial charge in [-0.05, 0) is 20.0 Å². The largest absolute Gasteiger partial charge is 1.00 e. The highest BCUT2D eigenvalue weighted by molar-refractivity contribution is 5.85. The Morgan fingerprint density at radius 3 is 1.60 bits per heavy atom. The summed E-state index contributed by atoms with van der Waals surface area (Å²) in [4.78, 5) is 0. The third-order valence-electron chi connectivity index (χ3n) is 1.64. The lowest BCUT2D eigenvalue weighted by molar-refractivity contribution is -0.693. The van der Waals surface area contributed by atoms with Crippen LogP contribution in [-0.2, 0) is 6.54 Å². The summed E-state index contributed by atoms with van der Waals surface area (Å²) in [5.41, 5.74) is 0. The van der Waals surface area contributed by atoms with Crippen molar-refractivity contribution in [3.05, 3.63) is 30.6 Å². The fourth-order valence-electron chi connectivity index (χ4n) is 0.895. The summed E-state index contributed by atoms with van der Waals surface area (Å²) in [5, 5.41) is 3.11. The highest BCUT2D eigenvalue weighted by Crippen LogP contribution is 1.74. The summed E-state index contributed by atoms with van der Waals surface area (Å²) in [6.07, 6.45) is 4.11. The minimum Gasteiger partial charge on any atom is -1.00 e. The first-order valence-electron chi connectivity index (χ1n) is 4.99. The van der Waals surface area contributed by atoms with E-state index in [9.17, 15) is 0 Å². The van der Waals surface area contributed by atoms with E-state index in [-0.39, 0.29) is 24.8 Å². The lowest BCUT2D eigenvalue weighted by Crippen LogP contribution is -3.00. The van der Waals surface area contributed by atoms with Crippen molar-refractivity contribution < 1.29 is 17.0 Å². The molecule has 1 heterocycles. The maximum Gasteiger partial charge on any atom is 0.168 e. The molecule has 0 saturated carbocycles. The van der Waals surface area contributed by atoms with Gasteiger partial charge in [-0.3, -0.25) is 0 Å². The molecule has 0 fully saturated rings. The van der Waals surface area contributed by atoms with Crippen LogP contribution in [0, 0.1) is 0 Å². The minimum atomic E-state index is 0. The van der Waals surface area contributed by atoms with Gasteiger partial charge >= 0.3 is 0 Å². The predicted octanol–water partition coefficient (Wildman–Crippen LogP) is -0.964. The van der Waals surface area contributed by atoms with Gasteiger partial charge in [0, 0.05) is 12.1 Å². The standard InChI is InChI=1S/C7H10N.C4H11N.2ClH/c1-2-8-6-4-3-5-7-8;1-3-5-4-2;;/h3-7H,2H2,1H3;5H,3-4H2,1-2H3;2*1H/q+1;;;/p-1. The molecule has 0 aliphatic heterocycles. The van der Waals surface area contributed by atoms with Crippen LogP contribution >= 0.6 is 12.4 Å². The van der Waals surface area contributed by atoms with Gasteiger partial charge in [-0.15, -0.1) is 12.4 Å². The Hall–Kier alpha value is -0.310. The van der Waals surface area contributed by atoms with E-state index >= 15 is 0 Å². The van der Waals surface area contributed by atoms with E-state index in [4.69, 9.17) is 0 Å². The van der Waals surface area contributed by atoms with Crippen LogP contribution in [0.2, 0.25) is 0 Å². The van der Waals surface area contributed by atoms with Crippen LogP contribution in [0.15, 0.2) is 30.6 Å². The molecule has 1 aromatic rings. The average molecular weight is 253 g/mol. The van der Waals surface area contributed by atoms with E-state index < -0.39 is 0 Å². The third-order valence-corrected chi connectivity index (χ3v) is 1.64. The van der Waals surface area contributed by atoms with Crippen LogP contribution in [0.5, 0.6) is 0 Å².